The summed E-state index contributed by atoms with van der Waals surface area (Å²) in [4.78, 5) is 54.8. The first-order chi connectivity index (χ1) is 18.6. The van der Waals surface area contributed by atoms with E-state index in [4.69, 9.17) is 23.2 Å². The Labute approximate surface area is 232 Å². The SMILES string of the molecule is CCNCc1ccc2c(c1)c(=O)n(-c1ccc(C[C@H](NC(=O)c3c(Cl)cncc3Cl)C(=O)O)cc1)c(=O)n2C. The second-order valence-electron chi connectivity index (χ2n) is 8.83. The summed E-state index contributed by atoms with van der Waals surface area (Å²) < 4.78 is 2.49. The molecule has 0 aliphatic carbocycles. The van der Waals surface area contributed by atoms with Gasteiger partial charge in [0.1, 0.15) is 6.04 Å². The number of rotatable bonds is 9. The molecule has 2 aromatic heterocycles. The molecule has 2 heterocycles. The molecule has 39 heavy (non-hydrogen) atoms. The van der Waals surface area contributed by atoms with Gasteiger partial charge in [-0.25, -0.2) is 14.2 Å². The number of nitrogens with zero attached hydrogens (tertiary/aromatic N) is 3. The number of carbonyl (C=O) groups excluding carboxylic acids is 1. The van der Waals surface area contributed by atoms with Crippen LogP contribution in [-0.2, 0) is 24.8 Å². The van der Waals surface area contributed by atoms with Gasteiger partial charge in [-0.15, -0.1) is 0 Å². The number of aliphatic carboxylic acids is 1. The lowest BCUT2D eigenvalue weighted by Crippen LogP contribution is -2.42. The minimum atomic E-state index is -1.30. The first-order valence-corrected chi connectivity index (χ1v) is 12.7. The van der Waals surface area contributed by atoms with Crippen molar-refractivity contribution >= 4 is 46.0 Å². The van der Waals surface area contributed by atoms with Crippen molar-refractivity contribution < 1.29 is 14.7 Å². The third-order valence-corrected chi connectivity index (χ3v) is 6.80. The van der Waals surface area contributed by atoms with Gasteiger partial charge in [-0.3, -0.25) is 19.1 Å². The number of carboxylic acid groups (broad SMARTS) is 1. The Balaban J connectivity index is 1.62. The zero-order valence-corrected chi connectivity index (χ0v) is 22.6. The van der Waals surface area contributed by atoms with Crippen LogP contribution >= 0.6 is 23.2 Å². The highest BCUT2D eigenvalue weighted by atomic mass is 35.5. The zero-order valence-electron chi connectivity index (χ0n) is 21.1. The van der Waals surface area contributed by atoms with Crippen molar-refractivity contribution in [3.63, 3.8) is 0 Å². The molecule has 0 saturated heterocycles. The van der Waals surface area contributed by atoms with E-state index in [0.29, 0.717) is 28.7 Å². The lowest BCUT2D eigenvalue weighted by molar-refractivity contribution is -0.139. The summed E-state index contributed by atoms with van der Waals surface area (Å²) in [5.74, 6) is -2.02. The van der Waals surface area contributed by atoms with Crippen LogP contribution in [0.2, 0.25) is 10.0 Å². The third-order valence-electron chi connectivity index (χ3n) is 6.23. The number of aromatic nitrogens is 3. The molecular formula is C27H25Cl2N5O5. The molecule has 4 rings (SSSR count). The monoisotopic (exact) mass is 569 g/mol. The fourth-order valence-electron chi connectivity index (χ4n) is 4.19. The molecule has 0 fully saturated rings. The van der Waals surface area contributed by atoms with Crippen molar-refractivity contribution in [3.05, 3.63) is 102 Å². The van der Waals surface area contributed by atoms with Crippen LogP contribution in [0.3, 0.4) is 0 Å². The Bertz CT molecular complexity index is 1660. The van der Waals surface area contributed by atoms with Crippen molar-refractivity contribution in [2.24, 2.45) is 7.05 Å². The normalized spacial score (nSPS) is 11.9. The van der Waals surface area contributed by atoms with E-state index in [-0.39, 0.29) is 22.0 Å². The van der Waals surface area contributed by atoms with Crippen LogP contribution in [0.5, 0.6) is 0 Å². The van der Waals surface area contributed by atoms with Crippen molar-refractivity contribution in [2.45, 2.75) is 25.9 Å². The highest BCUT2D eigenvalue weighted by Gasteiger charge is 2.24. The van der Waals surface area contributed by atoms with Gasteiger partial charge in [0.25, 0.3) is 11.5 Å². The topological polar surface area (TPSA) is 135 Å². The number of carbonyl (C=O) groups is 2. The molecule has 0 radical (unpaired) electrons. The average Bonchev–Trinajstić information content (AvgIpc) is 2.91. The van der Waals surface area contributed by atoms with Crippen LogP contribution in [-0.4, -0.2) is 43.7 Å². The van der Waals surface area contributed by atoms with E-state index in [1.54, 1.807) is 43.4 Å². The molecule has 0 aliphatic rings. The van der Waals surface area contributed by atoms with Gasteiger partial charge in [0.2, 0.25) is 0 Å². The van der Waals surface area contributed by atoms with Crippen LogP contribution in [0.4, 0.5) is 0 Å². The summed E-state index contributed by atoms with van der Waals surface area (Å²) in [6, 6.07) is 10.4. The number of carboxylic acids is 1. The fraction of sp³-hybridized carbons (Fsp3) is 0.222. The van der Waals surface area contributed by atoms with E-state index in [1.807, 2.05) is 13.0 Å². The maximum absolute atomic E-state index is 13.4. The number of hydrogen-bond donors (Lipinski definition) is 3. The molecule has 1 atom stereocenters. The molecule has 0 unspecified atom stereocenters. The number of halogens is 2. The standard InChI is InChI=1S/C27H25Cl2N5O5/c1-3-30-12-16-6-9-22-18(10-16)25(36)34(27(39)33(22)2)17-7-4-15(5-8-17)11-21(26(37)38)32-24(35)23-19(28)13-31-14-20(23)29/h4-10,13-14,21,30H,3,11-12H2,1-2H3,(H,32,35)(H,37,38)/t21-/m0/s1. The van der Waals surface area contributed by atoms with Crippen molar-refractivity contribution in [2.75, 3.05) is 6.54 Å². The summed E-state index contributed by atoms with van der Waals surface area (Å²) in [7, 11) is 1.60. The fourth-order valence-corrected chi connectivity index (χ4v) is 4.73. The molecule has 3 N–H and O–H groups in total. The largest absolute Gasteiger partial charge is 0.480 e. The van der Waals surface area contributed by atoms with Crippen LogP contribution in [0.1, 0.15) is 28.4 Å². The first kappa shape index (κ1) is 28.0. The van der Waals surface area contributed by atoms with Gasteiger partial charge >= 0.3 is 11.7 Å². The average molecular weight is 570 g/mol. The lowest BCUT2D eigenvalue weighted by atomic mass is 10.0. The van der Waals surface area contributed by atoms with E-state index >= 15 is 0 Å². The smallest absolute Gasteiger partial charge is 0.335 e. The van der Waals surface area contributed by atoms with Gasteiger partial charge in [0.15, 0.2) is 0 Å². The molecule has 10 nitrogen and oxygen atoms in total. The lowest BCUT2D eigenvalue weighted by Gasteiger charge is -2.16. The first-order valence-electron chi connectivity index (χ1n) is 12.0. The summed E-state index contributed by atoms with van der Waals surface area (Å²) in [5, 5.41) is 15.7. The molecule has 2 aromatic carbocycles. The van der Waals surface area contributed by atoms with Gasteiger partial charge < -0.3 is 15.7 Å². The zero-order chi connectivity index (χ0) is 28.3. The Kier molecular flexibility index (Phi) is 8.49. The summed E-state index contributed by atoms with van der Waals surface area (Å²) in [6.45, 7) is 3.35. The maximum atomic E-state index is 13.4. The summed E-state index contributed by atoms with van der Waals surface area (Å²) in [6.07, 6.45) is 2.40. The minimum absolute atomic E-state index is 0.00959. The molecule has 0 aliphatic heterocycles. The maximum Gasteiger partial charge on any atom is 0.335 e. The molecule has 0 bridgehead atoms. The number of pyridine rings is 1. The Morgan fingerprint density at radius 3 is 2.28 bits per heavy atom. The van der Waals surface area contributed by atoms with Crippen LogP contribution in [0.25, 0.3) is 16.6 Å². The van der Waals surface area contributed by atoms with Gasteiger partial charge in [-0.05, 0) is 41.9 Å². The Morgan fingerprint density at radius 1 is 1.03 bits per heavy atom. The molecule has 0 spiro atoms. The summed E-state index contributed by atoms with van der Waals surface area (Å²) >= 11 is 12.0. The van der Waals surface area contributed by atoms with E-state index in [2.05, 4.69) is 15.6 Å². The van der Waals surface area contributed by atoms with Crippen LogP contribution in [0.15, 0.2) is 64.4 Å². The molecule has 4 aromatic rings. The molecule has 0 saturated carbocycles. The molecule has 1 amide bonds. The third kappa shape index (κ3) is 5.88. The predicted octanol–water partition coefficient (Wildman–Crippen LogP) is 2.93. The number of nitrogens with one attached hydrogen (secondary N) is 2. The highest BCUT2D eigenvalue weighted by Crippen LogP contribution is 2.23. The van der Waals surface area contributed by atoms with Gasteiger partial charge in [0.05, 0.1) is 32.2 Å². The van der Waals surface area contributed by atoms with Crippen LogP contribution in [0, 0.1) is 0 Å². The van der Waals surface area contributed by atoms with Crippen LogP contribution < -0.4 is 21.9 Å². The van der Waals surface area contributed by atoms with Crippen molar-refractivity contribution in [3.8, 4) is 5.69 Å². The number of hydrogen-bond acceptors (Lipinski definition) is 6. The minimum Gasteiger partial charge on any atom is -0.480 e. The Morgan fingerprint density at radius 2 is 1.67 bits per heavy atom. The van der Waals surface area contributed by atoms with Gasteiger partial charge in [0, 0.05) is 32.4 Å². The number of benzene rings is 2. The molecule has 12 heteroatoms. The van der Waals surface area contributed by atoms with Gasteiger partial charge in [-0.2, -0.15) is 0 Å². The molecule has 202 valence electrons. The molecular weight excluding hydrogens is 545 g/mol. The van der Waals surface area contributed by atoms with Crippen molar-refractivity contribution in [1.82, 2.24) is 24.8 Å². The second-order valence-corrected chi connectivity index (χ2v) is 9.64. The number of fused-ring (bicyclic) bond motifs is 1. The highest BCUT2D eigenvalue weighted by molar-refractivity contribution is 6.39. The van der Waals surface area contributed by atoms with Gasteiger partial charge in [-0.1, -0.05) is 48.3 Å². The van der Waals surface area contributed by atoms with E-state index < -0.39 is 29.2 Å². The van der Waals surface area contributed by atoms with E-state index in [1.165, 1.54) is 17.0 Å². The summed E-state index contributed by atoms with van der Waals surface area (Å²) in [5.41, 5.74) is 1.27. The number of amides is 1. The predicted molar refractivity (Wildman–Crippen MR) is 149 cm³/mol. The van der Waals surface area contributed by atoms with E-state index in [0.717, 1.165) is 16.7 Å². The Hall–Kier alpha value is -3.99. The number of aryl methyl sites for hydroxylation is 1. The second kappa shape index (κ2) is 11.8. The van der Waals surface area contributed by atoms with Crippen molar-refractivity contribution in [1.29, 1.82) is 0 Å². The quantitative estimate of drug-likeness (QED) is 0.282. The van der Waals surface area contributed by atoms with E-state index in [9.17, 15) is 24.3 Å².